The quantitative estimate of drug-likeness (QED) is 0.747. The summed E-state index contributed by atoms with van der Waals surface area (Å²) >= 11 is 0. The highest BCUT2D eigenvalue weighted by Gasteiger charge is 2.26. The first kappa shape index (κ1) is 14.0. The lowest BCUT2D eigenvalue weighted by molar-refractivity contribution is 0.155. The number of hydrogen-bond acceptors (Lipinski definition) is 4. The minimum Gasteiger partial charge on any atom is -0.396 e. The van der Waals surface area contributed by atoms with Gasteiger partial charge in [-0.15, -0.1) is 0 Å². The van der Waals surface area contributed by atoms with E-state index in [1.807, 2.05) is 0 Å². The van der Waals surface area contributed by atoms with Gasteiger partial charge < -0.3 is 15.5 Å². The summed E-state index contributed by atoms with van der Waals surface area (Å²) in [7, 11) is 0. The monoisotopic (exact) mass is 260 g/mol. The average molecular weight is 260 g/mol. The fourth-order valence-corrected chi connectivity index (χ4v) is 2.68. The number of aliphatic hydroxyl groups excluding tert-OH is 2. The van der Waals surface area contributed by atoms with Crippen molar-refractivity contribution >= 4 is 0 Å². The third-order valence-corrected chi connectivity index (χ3v) is 3.89. The minimum atomic E-state index is -0.576. The van der Waals surface area contributed by atoms with E-state index in [4.69, 9.17) is 5.26 Å². The number of benzene rings is 1. The van der Waals surface area contributed by atoms with Crippen LogP contribution in [-0.4, -0.2) is 29.4 Å². The molecule has 3 unspecified atom stereocenters. The van der Waals surface area contributed by atoms with Crippen LogP contribution in [0.1, 0.15) is 36.5 Å². The molecule has 0 radical (unpaired) electrons. The predicted molar refractivity (Wildman–Crippen MR) is 72.3 cm³/mol. The van der Waals surface area contributed by atoms with Crippen molar-refractivity contribution in [1.29, 1.82) is 5.26 Å². The van der Waals surface area contributed by atoms with Gasteiger partial charge in [0.05, 0.1) is 17.7 Å². The lowest BCUT2D eigenvalue weighted by Gasteiger charge is -2.21. The summed E-state index contributed by atoms with van der Waals surface area (Å²) in [4.78, 5) is 0. The van der Waals surface area contributed by atoms with Crippen LogP contribution in [0.4, 0.5) is 0 Å². The Morgan fingerprint density at radius 1 is 1.32 bits per heavy atom. The molecule has 1 aromatic carbocycles. The zero-order valence-electron chi connectivity index (χ0n) is 10.9. The summed E-state index contributed by atoms with van der Waals surface area (Å²) in [5.74, 6) is 0.313. The van der Waals surface area contributed by atoms with Crippen molar-refractivity contribution in [1.82, 2.24) is 5.32 Å². The van der Waals surface area contributed by atoms with Crippen molar-refractivity contribution < 1.29 is 10.2 Å². The Kier molecular flexibility index (Phi) is 4.92. The molecule has 0 spiro atoms. The molecule has 1 fully saturated rings. The molecule has 3 N–H and O–H groups in total. The van der Waals surface area contributed by atoms with Crippen LogP contribution in [0, 0.1) is 17.2 Å². The molecule has 0 saturated heterocycles. The van der Waals surface area contributed by atoms with E-state index < -0.39 is 6.10 Å². The molecule has 0 bridgehead atoms. The van der Waals surface area contributed by atoms with E-state index in [9.17, 15) is 10.2 Å². The van der Waals surface area contributed by atoms with Gasteiger partial charge in [0.2, 0.25) is 0 Å². The molecule has 1 aromatic rings. The smallest absolute Gasteiger partial charge is 0.0991 e. The Labute approximate surface area is 113 Å². The maximum atomic E-state index is 10.1. The zero-order chi connectivity index (χ0) is 13.7. The molecule has 0 amide bonds. The molecular weight excluding hydrogens is 240 g/mol. The summed E-state index contributed by atoms with van der Waals surface area (Å²) in [5, 5.41) is 31.4. The van der Waals surface area contributed by atoms with Crippen molar-refractivity contribution in [2.45, 2.75) is 31.4 Å². The third-order valence-electron chi connectivity index (χ3n) is 3.89. The summed E-state index contributed by atoms with van der Waals surface area (Å²) < 4.78 is 0. The Morgan fingerprint density at radius 3 is 2.68 bits per heavy atom. The molecule has 4 nitrogen and oxygen atoms in total. The van der Waals surface area contributed by atoms with Gasteiger partial charge in [-0.3, -0.25) is 0 Å². The first-order valence-corrected chi connectivity index (χ1v) is 6.77. The summed E-state index contributed by atoms with van der Waals surface area (Å²) in [5.41, 5.74) is 1.41. The van der Waals surface area contributed by atoms with Crippen molar-refractivity contribution in [3.05, 3.63) is 35.4 Å². The second kappa shape index (κ2) is 6.67. The molecule has 1 aliphatic carbocycles. The maximum Gasteiger partial charge on any atom is 0.0991 e. The van der Waals surface area contributed by atoms with E-state index in [1.165, 1.54) is 0 Å². The molecule has 4 heteroatoms. The van der Waals surface area contributed by atoms with Crippen LogP contribution in [0.25, 0.3) is 0 Å². The number of hydrogen-bond donors (Lipinski definition) is 3. The molecule has 1 aliphatic rings. The molecule has 3 atom stereocenters. The second-order valence-electron chi connectivity index (χ2n) is 5.14. The van der Waals surface area contributed by atoms with Crippen molar-refractivity contribution in [3.8, 4) is 6.07 Å². The van der Waals surface area contributed by atoms with E-state index in [1.54, 1.807) is 24.3 Å². The largest absolute Gasteiger partial charge is 0.396 e. The average Bonchev–Trinajstić information content (AvgIpc) is 2.92. The highest BCUT2D eigenvalue weighted by molar-refractivity contribution is 5.32. The number of nitrogens with one attached hydrogen (secondary N) is 1. The Morgan fingerprint density at radius 2 is 2.05 bits per heavy atom. The van der Waals surface area contributed by atoms with Crippen molar-refractivity contribution in [2.24, 2.45) is 5.92 Å². The van der Waals surface area contributed by atoms with E-state index in [2.05, 4.69) is 11.4 Å². The van der Waals surface area contributed by atoms with Crippen LogP contribution in [0.5, 0.6) is 0 Å². The van der Waals surface area contributed by atoms with Gasteiger partial charge >= 0.3 is 0 Å². The molecule has 2 rings (SSSR count). The van der Waals surface area contributed by atoms with E-state index in [-0.39, 0.29) is 6.61 Å². The van der Waals surface area contributed by atoms with Gasteiger partial charge in [0.25, 0.3) is 0 Å². The molecule has 19 heavy (non-hydrogen) atoms. The Balaban J connectivity index is 1.86. The van der Waals surface area contributed by atoms with Crippen molar-refractivity contribution in [3.63, 3.8) is 0 Å². The second-order valence-corrected chi connectivity index (χ2v) is 5.14. The first-order valence-electron chi connectivity index (χ1n) is 6.77. The molecule has 0 heterocycles. The van der Waals surface area contributed by atoms with Crippen molar-refractivity contribution in [2.75, 3.05) is 13.2 Å². The molecule has 0 aliphatic heterocycles. The lowest BCUT2D eigenvalue weighted by Crippen LogP contribution is -2.36. The normalized spacial score (nSPS) is 24.1. The van der Waals surface area contributed by atoms with Crippen LogP contribution >= 0.6 is 0 Å². The van der Waals surface area contributed by atoms with Crippen LogP contribution in [-0.2, 0) is 0 Å². The van der Waals surface area contributed by atoms with Gasteiger partial charge in [-0.1, -0.05) is 18.6 Å². The van der Waals surface area contributed by atoms with Gasteiger partial charge in [-0.25, -0.2) is 0 Å². The topological polar surface area (TPSA) is 76.3 Å². The van der Waals surface area contributed by atoms with Gasteiger partial charge in [0, 0.05) is 19.2 Å². The number of nitrogens with zero attached hydrogens (tertiary/aromatic N) is 1. The molecular formula is C15H20N2O2. The standard InChI is InChI=1S/C15H20N2O2/c16-8-11-4-6-12(7-5-11)15(19)9-17-14-3-1-2-13(14)10-18/h4-7,13-15,17-19H,1-3,9-10H2. The van der Waals surface area contributed by atoms with Crippen LogP contribution in [0.15, 0.2) is 24.3 Å². The molecule has 1 saturated carbocycles. The Bertz CT molecular complexity index is 438. The summed E-state index contributed by atoms with van der Waals surface area (Å²) in [6.45, 7) is 0.692. The summed E-state index contributed by atoms with van der Waals surface area (Å²) in [6.07, 6.45) is 2.68. The van der Waals surface area contributed by atoms with Crippen LogP contribution < -0.4 is 5.32 Å². The third kappa shape index (κ3) is 3.54. The van der Waals surface area contributed by atoms with E-state index in [0.717, 1.165) is 24.8 Å². The van der Waals surface area contributed by atoms with E-state index >= 15 is 0 Å². The van der Waals surface area contributed by atoms with Gasteiger partial charge in [0.15, 0.2) is 0 Å². The van der Waals surface area contributed by atoms with Gasteiger partial charge in [-0.2, -0.15) is 5.26 Å². The van der Waals surface area contributed by atoms with Crippen LogP contribution in [0.3, 0.4) is 0 Å². The SMILES string of the molecule is N#Cc1ccc(C(O)CNC2CCCC2CO)cc1. The molecule has 0 aromatic heterocycles. The maximum absolute atomic E-state index is 10.1. The van der Waals surface area contributed by atoms with Gasteiger partial charge in [-0.05, 0) is 36.5 Å². The first-order chi connectivity index (χ1) is 9.24. The number of rotatable bonds is 5. The highest BCUT2D eigenvalue weighted by atomic mass is 16.3. The Hall–Kier alpha value is -1.41. The number of nitriles is 1. The highest BCUT2D eigenvalue weighted by Crippen LogP contribution is 2.25. The fourth-order valence-electron chi connectivity index (χ4n) is 2.68. The van der Waals surface area contributed by atoms with E-state index in [0.29, 0.717) is 24.1 Å². The number of aliphatic hydroxyl groups is 2. The van der Waals surface area contributed by atoms with Gasteiger partial charge in [0.1, 0.15) is 0 Å². The zero-order valence-corrected chi connectivity index (χ0v) is 10.9. The fraction of sp³-hybridized carbons (Fsp3) is 0.533. The lowest BCUT2D eigenvalue weighted by atomic mass is 10.0. The molecule has 102 valence electrons. The summed E-state index contributed by atoms with van der Waals surface area (Å²) in [6, 6.07) is 9.35. The predicted octanol–water partition coefficient (Wildman–Crippen LogP) is 1.34. The minimum absolute atomic E-state index is 0.213. The van der Waals surface area contributed by atoms with Crippen LogP contribution in [0.2, 0.25) is 0 Å².